The average molecular weight is 348 g/mol. The Morgan fingerprint density at radius 3 is 2.40 bits per heavy atom. The normalized spacial score (nSPS) is 13.0. The summed E-state index contributed by atoms with van der Waals surface area (Å²) >= 11 is 3.45. The first-order valence-electron chi connectivity index (χ1n) is 6.30. The highest BCUT2D eigenvalue weighted by molar-refractivity contribution is 9.10. The molecule has 1 unspecified atom stereocenters. The lowest BCUT2D eigenvalue weighted by atomic mass is 10.2. The van der Waals surface area contributed by atoms with Crippen LogP contribution in [0.5, 0.6) is 5.88 Å². The topological polar surface area (TPSA) is 56.6 Å². The lowest BCUT2D eigenvalue weighted by Gasteiger charge is -2.28. The fourth-order valence-electron chi connectivity index (χ4n) is 1.75. The number of hydrogen-bond acceptors (Lipinski definition) is 4. The highest BCUT2D eigenvalue weighted by atomic mass is 79.9. The monoisotopic (exact) mass is 347 g/mol. The molecule has 1 rings (SSSR count). The molecule has 6 nitrogen and oxygen atoms in total. The van der Waals surface area contributed by atoms with Crippen LogP contribution < -0.4 is 4.74 Å². The number of ether oxygens (including phenoxy) is 2. The van der Waals surface area contributed by atoms with Crippen molar-refractivity contribution in [3.63, 3.8) is 0 Å². The van der Waals surface area contributed by atoms with Crippen molar-refractivity contribution in [1.82, 2.24) is 14.7 Å². The Balaban J connectivity index is 2.97. The van der Waals surface area contributed by atoms with Gasteiger partial charge in [-0.15, -0.1) is 5.10 Å². The predicted molar refractivity (Wildman–Crippen MR) is 79.9 cm³/mol. The largest absolute Gasteiger partial charge is 0.479 e. The summed E-state index contributed by atoms with van der Waals surface area (Å²) in [7, 11) is 5.06. The summed E-state index contributed by atoms with van der Waals surface area (Å²) < 4.78 is 13.0. The van der Waals surface area contributed by atoms with Crippen molar-refractivity contribution in [2.45, 2.75) is 39.3 Å². The maximum absolute atomic E-state index is 12.1. The predicted octanol–water partition coefficient (Wildman–Crippen LogP) is 3.12. The molecule has 0 fully saturated rings. The van der Waals surface area contributed by atoms with Gasteiger partial charge in [0, 0.05) is 14.1 Å². The molecular weight excluding hydrogens is 326 g/mol. The van der Waals surface area contributed by atoms with Crippen LogP contribution in [0.3, 0.4) is 0 Å². The quantitative estimate of drug-likeness (QED) is 0.842. The number of hydrogen-bond donors (Lipinski definition) is 0. The summed E-state index contributed by atoms with van der Waals surface area (Å²) in [6, 6.07) is -0.208. The number of methoxy groups -OCH3 is 1. The Kier molecular flexibility index (Phi) is 5.07. The molecular formula is C13H22BrN3O3. The average Bonchev–Trinajstić information content (AvgIpc) is 2.60. The van der Waals surface area contributed by atoms with E-state index < -0.39 is 5.60 Å². The molecule has 1 aromatic rings. The molecule has 0 aliphatic rings. The fraction of sp³-hybridized carbons (Fsp3) is 0.692. The molecule has 0 aliphatic heterocycles. The summed E-state index contributed by atoms with van der Waals surface area (Å²) in [6.07, 6.45) is -0.378. The van der Waals surface area contributed by atoms with Gasteiger partial charge in [0.2, 0.25) is 5.88 Å². The zero-order valence-corrected chi connectivity index (χ0v) is 14.6. The van der Waals surface area contributed by atoms with Crippen LogP contribution in [-0.2, 0) is 11.8 Å². The van der Waals surface area contributed by atoms with E-state index >= 15 is 0 Å². The Bertz CT molecular complexity index is 494. The van der Waals surface area contributed by atoms with Gasteiger partial charge < -0.3 is 14.4 Å². The van der Waals surface area contributed by atoms with Crippen molar-refractivity contribution < 1.29 is 14.3 Å². The van der Waals surface area contributed by atoms with Crippen molar-refractivity contribution in [3.05, 3.63) is 10.2 Å². The number of nitrogens with zero attached hydrogens (tertiary/aromatic N) is 3. The van der Waals surface area contributed by atoms with Gasteiger partial charge in [-0.2, -0.15) is 0 Å². The maximum atomic E-state index is 12.1. The van der Waals surface area contributed by atoms with E-state index in [1.54, 1.807) is 18.8 Å². The van der Waals surface area contributed by atoms with Crippen molar-refractivity contribution in [2.24, 2.45) is 7.05 Å². The third-order valence-electron chi connectivity index (χ3n) is 2.85. The minimum Gasteiger partial charge on any atom is -0.479 e. The lowest BCUT2D eigenvalue weighted by molar-refractivity contribution is 0.0227. The molecule has 0 aromatic carbocycles. The summed E-state index contributed by atoms with van der Waals surface area (Å²) in [6.45, 7) is 7.43. The molecule has 1 aromatic heterocycles. The Morgan fingerprint density at radius 1 is 1.45 bits per heavy atom. The van der Waals surface area contributed by atoms with Crippen LogP contribution >= 0.6 is 15.9 Å². The van der Waals surface area contributed by atoms with Crippen LogP contribution in [0.4, 0.5) is 4.79 Å². The van der Waals surface area contributed by atoms with E-state index in [9.17, 15) is 4.79 Å². The van der Waals surface area contributed by atoms with E-state index in [1.807, 2.05) is 34.7 Å². The van der Waals surface area contributed by atoms with Gasteiger partial charge in [-0.25, -0.2) is 4.79 Å². The van der Waals surface area contributed by atoms with Crippen LogP contribution in [0.1, 0.15) is 39.4 Å². The van der Waals surface area contributed by atoms with E-state index in [4.69, 9.17) is 9.47 Å². The van der Waals surface area contributed by atoms with Gasteiger partial charge in [0.05, 0.1) is 18.8 Å². The van der Waals surface area contributed by atoms with Crippen LogP contribution in [-0.4, -0.2) is 40.5 Å². The van der Waals surface area contributed by atoms with Gasteiger partial charge in [0.25, 0.3) is 0 Å². The first-order chi connectivity index (χ1) is 9.08. The first kappa shape index (κ1) is 16.8. The lowest BCUT2D eigenvalue weighted by Crippen LogP contribution is -2.36. The van der Waals surface area contributed by atoms with Gasteiger partial charge in [-0.1, -0.05) is 0 Å². The molecule has 7 heteroatoms. The molecule has 0 saturated carbocycles. The Morgan fingerprint density at radius 2 is 2.00 bits per heavy atom. The van der Waals surface area contributed by atoms with Crippen molar-refractivity contribution >= 4 is 22.0 Å². The zero-order valence-electron chi connectivity index (χ0n) is 13.0. The van der Waals surface area contributed by atoms with Crippen LogP contribution in [0, 0.1) is 0 Å². The molecule has 20 heavy (non-hydrogen) atoms. The summed E-state index contributed by atoms with van der Waals surface area (Å²) in [5, 5.41) is 4.23. The van der Waals surface area contributed by atoms with E-state index in [-0.39, 0.29) is 12.1 Å². The number of aryl methyl sites for hydroxylation is 1. The third kappa shape index (κ3) is 3.65. The second-order valence-corrected chi connectivity index (χ2v) is 6.39. The van der Waals surface area contributed by atoms with Gasteiger partial charge in [-0.3, -0.25) is 4.68 Å². The van der Waals surface area contributed by atoms with Gasteiger partial charge in [-0.05, 0) is 43.6 Å². The van der Waals surface area contributed by atoms with Crippen molar-refractivity contribution in [3.8, 4) is 5.88 Å². The number of aromatic nitrogens is 2. The molecule has 1 heterocycles. The minimum atomic E-state index is -0.521. The zero-order chi connectivity index (χ0) is 15.7. The van der Waals surface area contributed by atoms with E-state index in [1.165, 1.54) is 4.90 Å². The first-order valence-corrected chi connectivity index (χ1v) is 7.10. The number of halogens is 1. The maximum Gasteiger partial charge on any atom is 0.410 e. The number of rotatable bonds is 3. The molecule has 0 saturated heterocycles. The van der Waals surface area contributed by atoms with E-state index in [0.717, 1.165) is 10.2 Å². The number of carbonyl (C=O) groups is 1. The van der Waals surface area contributed by atoms with Crippen molar-refractivity contribution in [1.29, 1.82) is 0 Å². The van der Waals surface area contributed by atoms with E-state index in [0.29, 0.717) is 5.88 Å². The highest BCUT2D eigenvalue weighted by Gasteiger charge is 2.28. The van der Waals surface area contributed by atoms with Crippen LogP contribution in [0.25, 0.3) is 0 Å². The summed E-state index contributed by atoms with van der Waals surface area (Å²) in [5.74, 6) is 0.493. The molecule has 1 amide bonds. The molecule has 114 valence electrons. The molecule has 0 aliphatic carbocycles. The Hall–Kier alpha value is -1.24. The smallest absolute Gasteiger partial charge is 0.410 e. The van der Waals surface area contributed by atoms with Gasteiger partial charge in [0.1, 0.15) is 10.1 Å². The van der Waals surface area contributed by atoms with Crippen LogP contribution in [0.15, 0.2) is 4.47 Å². The van der Waals surface area contributed by atoms with Crippen LogP contribution in [0.2, 0.25) is 0 Å². The molecule has 0 spiro atoms. The standard InChI is InChI=1S/C13H22BrN3O3/c1-8(16(5)12(18)20-13(2,3)4)10-9(14)11(19-7)15-17(10)6/h8H,1-7H3. The van der Waals surface area contributed by atoms with E-state index in [2.05, 4.69) is 21.0 Å². The molecule has 1 atom stereocenters. The molecule has 0 N–H and O–H groups in total. The second kappa shape index (κ2) is 6.03. The number of amides is 1. The number of carbonyl (C=O) groups excluding carboxylic acids is 1. The molecule has 0 radical (unpaired) electrons. The SMILES string of the molecule is COc1nn(C)c(C(C)N(C)C(=O)OC(C)(C)C)c1Br. The minimum absolute atomic E-state index is 0.208. The van der Waals surface area contributed by atoms with Crippen molar-refractivity contribution in [2.75, 3.05) is 14.2 Å². The summed E-state index contributed by atoms with van der Waals surface area (Å²) in [5.41, 5.74) is 0.321. The van der Waals surface area contributed by atoms with Gasteiger partial charge in [0.15, 0.2) is 0 Å². The highest BCUT2D eigenvalue weighted by Crippen LogP contribution is 2.33. The van der Waals surface area contributed by atoms with Gasteiger partial charge >= 0.3 is 6.09 Å². The third-order valence-corrected chi connectivity index (χ3v) is 3.60. The Labute approximate surface area is 128 Å². The summed E-state index contributed by atoms with van der Waals surface area (Å²) in [4.78, 5) is 13.6. The molecule has 0 bridgehead atoms. The second-order valence-electron chi connectivity index (χ2n) is 5.60. The fourth-order valence-corrected chi connectivity index (χ4v) is 2.57.